The van der Waals surface area contributed by atoms with Crippen molar-refractivity contribution in [2.45, 2.75) is 68.8 Å². The molecule has 1 aromatic rings. The summed E-state index contributed by atoms with van der Waals surface area (Å²) in [6.45, 7) is 2.22. The summed E-state index contributed by atoms with van der Waals surface area (Å²) < 4.78 is 5.85. The van der Waals surface area contributed by atoms with Crippen LogP contribution in [0.1, 0.15) is 66.8 Å². The van der Waals surface area contributed by atoms with Crippen LogP contribution in [0.5, 0.6) is 11.5 Å². The van der Waals surface area contributed by atoms with Crippen LogP contribution in [0.15, 0.2) is 12.1 Å². The predicted molar refractivity (Wildman–Crippen MR) is 129 cm³/mol. The molecule has 35 heavy (non-hydrogen) atoms. The van der Waals surface area contributed by atoms with Crippen LogP contribution in [0, 0.1) is 5.92 Å². The van der Waals surface area contributed by atoms with Crippen molar-refractivity contribution in [2.24, 2.45) is 11.7 Å². The first-order chi connectivity index (χ1) is 16.8. The molecule has 1 saturated heterocycles. The zero-order valence-corrected chi connectivity index (χ0v) is 19.9. The molecule has 2 aliphatic carbocycles. The van der Waals surface area contributed by atoms with Crippen LogP contribution in [-0.4, -0.2) is 82.5 Å². The molecule has 0 unspecified atom stereocenters. The molecule has 11 heteroatoms. The highest BCUT2D eigenvalue weighted by atomic mass is 16.5. The number of amides is 1. The second-order valence-electron chi connectivity index (χ2n) is 10.1. The Morgan fingerprint density at radius 2 is 1.83 bits per heavy atom. The molecular formula is C24H36BN3O7. The zero-order chi connectivity index (χ0) is 25.1. The minimum Gasteiger partial charge on any atom is -0.507 e. The number of nitrogens with one attached hydrogen (secondary N) is 1. The molecule has 7 N–H and O–H groups in total. The number of carboxylic acids is 1. The van der Waals surface area contributed by atoms with Crippen molar-refractivity contribution in [2.75, 3.05) is 26.2 Å². The van der Waals surface area contributed by atoms with Crippen molar-refractivity contribution in [3.63, 3.8) is 0 Å². The van der Waals surface area contributed by atoms with Gasteiger partial charge in [-0.2, -0.15) is 0 Å². The average Bonchev–Trinajstić information content (AvgIpc) is 2.75. The third-order valence-corrected chi connectivity index (χ3v) is 7.88. The average molecular weight is 489 g/mol. The minimum absolute atomic E-state index is 0.0552. The van der Waals surface area contributed by atoms with Gasteiger partial charge in [0.25, 0.3) is 0 Å². The summed E-state index contributed by atoms with van der Waals surface area (Å²) >= 11 is 0. The van der Waals surface area contributed by atoms with E-state index in [1.807, 2.05) is 0 Å². The van der Waals surface area contributed by atoms with Crippen LogP contribution in [0.4, 0.5) is 0 Å². The maximum Gasteiger partial charge on any atom is 0.455 e. The zero-order valence-electron chi connectivity index (χ0n) is 19.9. The molecule has 0 aromatic heterocycles. The number of benzene rings is 1. The van der Waals surface area contributed by atoms with Gasteiger partial charge in [0.15, 0.2) is 0 Å². The van der Waals surface area contributed by atoms with Gasteiger partial charge in [0.2, 0.25) is 5.91 Å². The Balaban J connectivity index is 1.29. The van der Waals surface area contributed by atoms with Gasteiger partial charge in [-0.05, 0) is 55.6 Å². The third kappa shape index (κ3) is 5.74. The fourth-order valence-corrected chi connectivity index (χ4v) is 5.59. The van der Waals surface area contributed by atoms with Crippen LogP contribution < -0.4 is 15.8 Å². The lowest BCUT2D eigenvalue weighted by atomic mass is 9.53. The largest absolute Gasteiger partial charge is 0.507 e. The topological polar surface area (TPSA) is 166 Å². The summed E-state index contributed by atoms with van der Waals surface area (Å²) in [4.78, 5) is 26.3. The summed E-state index contributed by atoms with van der Waals surface area (Å²) in [7, 11) is -1.52. The van der Waals surface area contributed by atoms with Gasteiger partial charge >= 0.3 is 13.1 Å². The molecule has 1 aliphatic heterocycles. The van der Waals surface area contributed by atoms with E-state index >= 15 is 0 Å². The van der Waals surface area contributed by atoms with E-state index in [9.17, 15) is 29.9 Å². The molecule has 2 saturated carbocycles. The van der Waals surface area contributed by atoms with Crippen molar-refractivity contribution in [1.82, 2.24) is 10.2 Å². The van der Waals surface area contributed by atoms with Gasteiger partial charge in [-0.25, -0.2) is 4.79 Å². The molecule has 2 atom stereocenters. The smallest absolute Gasteiger partial charge is 0.455 e. The van der Waals surface area contributed by atoms with E-state index in [-0.39, 0.29) is 29.2 Å². The van der Waals surface area contributed by atoms with Crippen LogP contribution in [0.25, 0.3) is 0 Å². The van der Waals surface area contributed by atoms with E-state index in [0.29, 0.717) is 56.4 Å². The lowest BCUT2D eigenvalue weighted by Crippen LogP contribution is -2.56. The fourth-order valence-electron chi connectivity index (χ4n) is 5.59. The quantitative estimate of drug-likeness (QED) is 0.262. The molecule has 1 amide bonds. The Bertz CT molecular complexity index is 917. The van der Waals surface area contributed by atoms with E-state index in [1.54, 1.807) is 11.0 Å². The molecule has 0 radical (unpaired) electrons. The molecule has 4 rings (SSSR count). The molecule has 3 fully saturated rings. The molecule has 192 valence electrons. The van der Waals surface area contributed by atoms with Gasteiger partial charge in [0.05, 0.1) is 13.1 Å². The number of aromatic carboxylic acids is 1. The van der Waals surface area contributed by atoms with E-state index in [4.69, 9.17) is 10.5 Å². The normalized spacial score (nSPS) is 26.5. The van der Waals surface area contributed by atoms with E-state index in [0.717, 1.165) is 32.2 Å². The van der Waals surface area contributed by atoms with E-state index in [2.05, 4.69) is 5.32 Å². The van der Waals surface area contributed by atoms with Crippen molar-refractivity contribution in [3.8, 4) is 11.5 Å². The van der Waals surface area contributed by atoms with E-state index in [1.165, 1.54) is 6.07 Å². The molecule has 0 spiro atoms. The first-order valence-corrected chi connectivity index (χ1v) is 12.6. The number of hydrogen-bond donors (Lipinski definition) is 6. The SMILES string of the molecule is NCCNC1CCC(CC(=O)N2CC(Oc3ccc([C@H]4CC[C@H]4B(O)O)c(O)c3C(=O)O)C2)CC1. The highest BCUT2D eigenvalue weighted by molar-refractivity contribution is 6.43. The highest BCUT2D eigenvalue weighted by Gasteiger charge is 2.42. The number of nitrogens with two attached hydrogens (primary N) is 1. The predicted octanol–water partition coefficient (Wildman–Crippen LogP) is 0.898. The maximum absolute atomic E-state index is 12.7. The molecule has 1 heterocycles. The number of likely N-dealkylation sites (tertiary alicyclic amines) is 1. The van der Waals surface area contributed by atoms with Crippen molar-refractivity contribution >= 4 is 19.0 Å². The Labute approximate surface area is 205 Å². The highest BCUT2D eigenvalue weighted by Crippen LogP contribution is 2.51. The first-order valence-electron chi connectivity index (χ1n) is 12.6. The van der Waals surface area contributed by atoms with Crippen LogP contribution >= 0.6 is 0 Å². The Morgan fingerprint density at radius 1 is 1.11 bits per heavy atom. The number of phenols is 1. The van der Waals surface area contributed by atoms with Crippen molar-refractivity contribution in [1.29, 1.82) is 0 Å². The molecular weight excluding hydrogens is 453 g/mol. The van der Waals surface area contributed by atoms with Gasteiger partial charge in [0.1, 0.15) is 23.2 Å². The number of ether oxygens (including phenoxy) is 1. The van der Waals surface area contributed by atoms with Gasteiger partial charge in [-0.1, -0.05) is 12.5 Å². The number of carbonyl (C=O) groups excluding carboxylic acids is 1. The molecule has 0 bridgehead atoms. The van der Waals surface area contributed by atoms with Gasteiger partial charge < -0.3 is 40.9 Å². The minimum atomic E-state index is -1.52. The standard InChI is InChI=1S/C24H36BN3O7/c26-9-10-27-15-3-1-14(2-4-15)11-21(29)28-12-16(13-28)35-20-8-6-18(23(30)22(20)24(31)32)17-5-7-19(17)25(33)34/h6,8,14-17,19,27,30,33-34H,1-5,7,9-13,26H2,(H,31,32)/t14?,15?,17-,19-/m1/s1. The van der Waals surface area contributed by atoms with Crippen molar-refractivity contribution < 1.29 is 34.6 Å². The Morgan fingerprint density at radius 3 is 2.40 bits per heavy atom. The van der Waals surface area contributed by atoms with Gasteiger partial charge in [-0.15, -0.1) is 0 Å². The molecule has 10 nitrogen and oxygen atoms in total. The monoisotopic (exact) mass is 489 g/mol. The number of hydrogen-bond acceptors (Lipinski definition) is 8. The maximum atomic E-state index is 12.7. The van der Waals surface area contributed by atoms with Gasteiger partial charge in [-0.3, -0.25) is 4.79 Å². The lowest BCUT2D eigenvalue weighted by Gasteiger charge is -2.40. The number of carboxylic acid groups (broad SMARTS) is 1. The first kappa shape index (κ1) is 25.7. The summed E-state index contributed by atoms with van der Waals surface area (Å²) in [5.74, 6) is -1.92. The second-order valence-corrected chi connectivity index (χ2v) is 10.1. The summed E-state index contributed by atoms with van der Waals surface area (Å²) in [5.41, 5.74) is 5.60. The number of carbonyl (C=O) groups is 2. The van der Waals surface area contributed by atoms with Gasteiger partial charge in [0, 0.05) is 31.4 Å². The second kappa shape index (κ2) is 11.2. The van der Waals surface area contributed by atoms with Crippen LogP contribution in [-0.2, 0) is 4.79 Å². The summed E-state index contributed by atoms with van der Waals surface area (Å²) in [5, 5.41) is 42.8. The molecule has 1 aromatic carbocycles. The third-order valence-electron chi connectivity index (χ3n) is 7.88. The lowest BCUT2D eigenvalue weighted by molar-refractivity contribution is -0.141. The summed E-state index contributed by atoms with van der Waals surface area (Å²) in [6, 6.07) is 3.59. The van der Waals surface area contributed by atoms with Crippen molar-refractivity contribution in [3.05, 3.63) is 23.3 Å². The summed E-state index contributed by atoms with van der Waals surface area (Å²) in [6.07, 6.45) is 5.57. The molecule has 3 aliphatic rings. The number of rotatable bonds is 10. The Kier molecular flexibility index (Phi) is 8.21. The fraction of sp³-hybridized carbons (Fsp3) is 0.667. The van der Waals surface area contributed by atoms with Crippen LogP contribution in [0.2, 0.25) is 5.82 Å². The number of nitrogens with zero attached hydrogens (tertiary/aromatic N) is 1. The Hall–Kier alpha value is -2.34. The van der Waals surface area contributed by atoms with E-state index < -0.39 is 24.7 Å². The number of aromatic hydroxyl groups is 1. The van der Waals surface area contributed by atoms with Crippen LogP contribution in [0.3, 0.4) is 0 Å².